The number of anilines is 1. The zero-order chi connectivity index (χ0) is 13.5. The first-order valence-electron chi connectivity index (χ1n) is 6.06. The summed E-state index contributed by atoms with van der Waals surface area (Å²) >= 11 is 6.02. The summed E-state index contributed by atoms with van der Waals surface area (Å²) in [5, 5.41) is 3.86. The Balaban J connectivity index is 1.67. The molecule has 0 spiro atoms. The second-order valence-electron chi connectivity index (χ2n) is 4.08. The molecule has 0 aromatic heterocycles. The average molecular weight is 280 g/mol. The van der Waals surface area contributed by atoms with Gasteiger partial charge in [0.25, 0.3) is 0 Å². The van der Waals surface area contributed by atoms with Crippen molar-refractivity contribution in [1.82, 2.24) is 0 Å². The van der Waals surface area contributed by atoms with Crippen LogP contribution in [0.2, 0.25) is 5.02 Å². The molecule has 0 amide bonds. The van der Waals surface area contributed by atoms with E-state index in [4.69, 9.17) is 16.3 Å². The van der Waals surface area contributed by atoms with Gasteiger partial charge in [0, 0.05) is 17.3 Å². The summed E-state index contributed by atoms with van der Waals surface area (Å²) in [6.07, 6.45) is 0. The van der Waals surface area contributed by atoms with Crippen molar-refractivity contribution in [2.75, 3.05) is 18.5 Å². The minimum atomic E-state index is -0.236. The van der Waals surface area contributed by atoms with Crippen molar-refractivity contribution in [3.63, 3.8) is 0 Å². The van der Waals surface area contributed by atoms with Gasteiger partial charge in [-0.05, 0) is 35.9 Å². The van der Waals surface area contributed by atoms with Gasteiger partial charge in [-0.25, -0.2) is 4.39 Å². The van der Waals surface area contributed by atoms with Crippen molar-refractivity contribution >= 4 is 17.3 Å². The zero-order valence-corrected chi connectivity index (χ0v) is 11.2. The number of benzene rings is 2. The van der Waals surface area contributed by atoms with Crippen molar-refractivity contribution in [1.29, 1.82) is 0 Å². The van der Waals surface area contributed by atoms with Crippen LogP contribution in [0.25, 0.3) is 0 Å². The summed E-state index contributed by atoms with van der Waals surface area (Å²) in [4.78, 5) is 0. The van der Waals surface area contributed by atoms with Gasteiger partial charge in [0.2, 0.25) is 0 Å². The highest BCUT2D eigenvalue weighted by atomic mass is 35.5. The first-order valence-corrected chi connectivity index (χ1v) is 6.44. The van der Waals surface area contributed by atoms with E-state index in [1.807, 2.05) is 24.3 Å². The van der Waals surface area contributed by atoms with Crippen molar-refractivity contribution < 1.29 is 9.13 Å². The monoisotopic (exact) mass is 279 g/mol. The second-order valence-corrected chi connectivity index (χ2v) is 4.48. The van der Waals surface area contributed by atoms with Crippen LogP contribution < -0.4 is 5.32 Å². The molecule has 0 saturated heterocycles. The molecule has 0 heterocycles. The highest BCUT2D eigenvalue weighted by molar-refractivity contribution is 6.31. The molecule has 2 nitrogen and oxygen atoms in total. The van der Waals surface area contributed by atoms with Gasteiger partial charge >= 0.3 is 0 Å². The van der Waals surface area contributed by atoms with E-state index < -0.39 is 0 Å². The lowest BCUT2D eigenvalue weighted by molar-refractivity contribution is 0.130. The number of halogens is 2. The Bertz CT molecular complexity index is 516. The Morgan fingerprint density at radius 3 is 2.53 bits per heavy atom. The van der Waals surface area contributed by atoms with Crippen LogP contribution >= 0.6 is 11.6 Å². The summed E-state index contributed by atoms with van der Waals surface area (Å²) in [6, 6.07) is 13.8. The molecule has 19 heavy (non-hydrogen) atoms. The van der Waals surface area contributed by atoms with Crippen LogP contribution in [0.1, 0.15) is 5.56 Å². The molecule has 0 radical (unpaired) electrons. The molecule has 2 aromatic rings. The van der Waals surface area contributed by atoms with Crippen LogP contribution in [0.4, 0.5) is 10.1 Å². The van der Waals surface area contributed by atoms with E-state index in [0.29, 0.717) is 24.8 Å². The summed E-state index contributed by atoms with van der Waals surface area (Å²) < 4.78 is 18.2. The van der Waals surface area contributed by atoms with Crippen LogP contribution in [0.3, 0.4) is 0 Å². The molecule has 0 aliphatic rings. The topological polar surface area (TPSA) is 21.3 Å². The number of ether oxygens (including phenoxy) is 1. The van der Waals surface area contributed by atoms with Crippen LogP contribution in [0.5, 0.6) is 0 Å². The SMILES string of the molecule is Fc1ccc(NCCOCc2ccccc2Cl)cc1. The van der Waals surface area contributed by atoms with E-state index in [-0.39, 0.29) is 5.82 Å². The van der Waals surface area contributed by atoms with Crippen LogP contribution in [0, 0.1) is 5.82 Å². The van der Waals surface area contributed by atoms with E-state index in [1.54, 1.807) is 12.1 Å². The number of hydrogen-bond donors (Lipinski definition) is 1. The molecular formula is C15H15ClFNO. The Kier molecular flexibility index (Phi) is 5.19. The van der Waals surface area contributed by atoms with E-state index in [1.165, 1.54) is 12.1 Å². The van der Waals surface area contributed by atoms with Crippen molar-refractivity contribution in [3.8, 4) is 0 Å². The maximum absolute atomic E-state index is 12.7. The molecule has 0 bridgehead atoms. The Hall–Kier alpha value is -1.58. The maximum Gasteiger partial charge on any atom is 0.123 e. The molecule has 4 heteroatoms. The largest absolute Gasteiger partial charge is 0.383 e. The molecule has 2 rings (SSSR count). The Morgan fingerprint density at radius 2 is 1.79 bits per heavy atom. The van der Waals surface area contributed by atoms with Gasteiger partial charge in [-0.3, -0.25) is 0 Å². The maximum atomic E-state index is 12.7. The van der Waals surface area contributed by atoms with Crippen LogP contribution in [-0.2, 0) is 11.3 Å². The quantitative estimate of drug-likeness (QED) is 0.804. The number of hydrogen-bond acceptors (Lipinski definition) is 2. The molecule has 0 aliphatic heterocycles. The van der Waals surface area contributed by atoms with Gasteiger partial charge in [-0.1, -0.05) is 29.8 Å². The predicted octanol–water partition coefficient (Wildman–Crippen LogP) is 4.11. The summed E-state index contributed by atoms with van der Waals surface area (Å²) in [7, 11) is 0. The van der Waals surface area contributed by atoms with Gasteiger partial charge in [-0.2, -0.15) is 0 Å². The normalized spacial score (nSPS) is 10.4. The van der Waals surface area contributed by atoms with Gasteiger partial charge < -0.3 is 10.1 Å². The number of rotatable bonds is 6. The summed E-state index contributed by atoms with van der Waals surface area (Å²) in [5.74, 6) is -0.236. The van der Waals surface area contributed by atoms with Crippen LogP contribution in [-0.4, -0.2) is 13.2 Å². The van der Waals surface area contributed by atoms with E-state index in [9.17, 15) is 4.39 Å². The van der Waals surface area contributed by atoms with E-state index in [0.717, 1.165) is 11.3 Å². The molecule has 0 fully saturated rings. The standard InChI is InChI=1S/C15H15ClFNO/c16-15-4-2-1-3-12(15)11-19-10-9-18-14-7-5-13(17)6-8-14/h1-8,18H,9-11H2. The third-order valence-electron chi connectivity index (χ3n) is 2.64. The number of nitrogens with one attached hydrogen (secondary N) is 1. The smallest absolute Gasteiger partial charge is 0.123 e. The molecule has 0 atom stereocenters. The Labute approximate surface area is 117 Å². The van der Waals surface area contributed by atoms with Gasteiger partial charge in [-0.15, -0.1) is 0 Å². The highest BCUT2D eigenvalue weighted by Gasteiger charge is 1.98. The lowest BCUT2D eigenvalue weighted by Crippen LogP contribution is -2.09. The van der Waals surface area contributed by atoms with E-state index >= 15 is 0 Å². The van der Waals surface area contributed by atoms with Gasteiger partial charge in [0.1, 0.15) is 5.82 Å². The molecule has 1 N–H and O–H groups in total. The van der Waals surface area contributed by atoms with Crippen molar-refractivity contribution in [2.24, 2.45) is 0 Å². The second kappa shape index (κ2) is 7.12. The van der Waals surface area contributed by atoms with Gasteiger partial charge in [0.05, 0.1) is 13.2 Å². The first-order chi connectivity index (χ1) is 9.25. The van der Waals surface area contributed by atoms with Crippen molar-refractivity contribution in [3.05, 3.63) is 64.9 Å². The zero-order valence-electron chi connectivity index (χ0n) is 10.4. The van der Waals surface area contributed by atoms with Crippen LogP contribution in [0.15, 0.2) is 48.5 Å². The molecule has 2 aromatic carbocycles. The average Bonchev–Trinajstić information content (AvgIpc) is 2.42. The first kappa shape index (κ1) is 13.8. The van der Waals surface area contributed by atoms with Crippen molar-refractivity contribution in [2.45, 2.75) is 6.61 Å². The molecule has 0 aliphatic carbocycles. The predicted molar refractivity (Wildman–Crippen MR) is 76.0 cm³/mol. The van der Waals surface area contributed by atoms with Gasteiger partial charge in [0.15, 0.2) is 0 Å². The molecular weight excluding hydrogens is 265 g/mol. The lowest BCUT2D eigenvalue weighted by atomic mass is 10.2. The third kappa shape index (κ3) is 4.54. The molecule has 100 valence electrons. The Morgan fingerprint density at radius 1 is 1.05 bits per heavy atom. The summed E-state index contributed by atoms with van der Waals surface area (Å²) in [6.45, 7) is 1.71. The minimum Gasteiger partial charge on any atom is -0.383 e. The highest BCUT2D eigenvalue weighted by Crippen LogP contribution is 2.15. The fourth-order valence-corrected chi connectivity index (χ4v) is 1.82. The summed E-state index contributed by atoms with van der Waals surface area (Å²) in [5.41, 5.74) is 1.86. The fourth-order valence-electron chi connectivity index (χ4n) is 1.63. The fraction of sp³-hybridized carbons (Fsp3) is 0.200. The molecule has 0 saturated carbocycles. The lowest BCUT2D eigenvalue weighted by Gasteiger charge is -2.08. The minimum absolute atomic E-state index is 0.236. The third-order valence-corrected chi connectivity index (χ3v) is 3.00. The van der Waals surface area contributed by atoms with E-state index in [2.05, 4.69) is 5.32 Å². The molecule has 0 unspecified atom stereocenters.